The van der Waals surface area contributed by atoms with Crippen molar-refractivity contribution in [3.8, 4) is 22.8 Å². The van der Waals surface area contributed by atoms with E-state index in [4.69, 9.17) is 9.47 Å². The SMILES string of the molecule is COc1ccnc(-c2cc(CO)ccc2OC)c1. The molecule has 0 fully saturated rings. The molecule has 2 rings (SSSR count). The van der Waals surface area contributed by atoms with Crippen LogP contribution in [0, 0.1) is 0 Å². The summed E-state index contributed by atoms with van der Waals surface area (Å²) in [6, 6.07) is 9.12. The molecule has 94 valence electrons. The molecular formula is C14H15NO3. The molecule has 2 aromatic rings. The van der Waals surface area contributed by atoms with Crippen molar-refractivity contribution in [1.29, 1.82) is 0 Å². The Labute approximate surface area is 106 Å². The van der Waals surface area contributed by atoms with Crippen molar-refractivity contribution in [3.05, 3.63) is 42.1 Å². The number of rotatable bonds is 4. The monoisotopic (exact) mass is 245 g/mol. The zero-order chi connectivity index (χ0) is 13.0. The lowest BCUT2D eigenvalue weighted by molar-refractivity contribution is 0.281. The largest absolute Gasteiger partial charge is 0.497 e. The zero-order valence-corrected chi connectivity index (χ0v) is 10.4. The van der Waals surface area contributed by atoms with Crippen molar-refractivity contribution in [2.45, 2.75) is 6.61 Å². The van der Waals surface area contributed by atoms with E-state index in [1.165, 1.54) is 0 Å². The maximum atomic E-state index is 9.19. The highest BCUT2D eigenvalue weighted by Gasteiger charge is 2.09. The maximum Gasteiger partial charge on any atom is 0.128 e. The minimum atomic E-state index is -0.0129. The van der Waals surface area contributed by atoms with Crippen LogP contribution in [-0.4, -0.2) is 24.3 Å². The normalized spacial score (nSPS) is 10.2. The van der Waals surface area contributed by atoms with Gasteiger partial charge in [0.15, 0.2) is 0 Å². The summed E-state index contributed by atoms with van der Waals surface area (Å²) in [6.07, 6.45) is 1.68. The lowest BCUT2D eigenvalue weighted by atomic mass is 10.1. The topological polar surface area (TPSA) is 51.6 Å². The second kappa shape index (κ2) is 5.51. The Morgan fingerprint density at radius 1 is 1.11 bits per heavy atom. The van der Waals surface area contributed by atoms with Gasteiger partial charge in [0.1, 0.15) is 11.5 Å². The van der Waals surface area contributed by atoms with Gasteiger partial charge < -0.3 is 14.6 Å². The van der Waals surface area contributed by atoms with E-state index < -0.39 is 0 Å². The molecule has 1 aromatic heterocycles. The summed E-state index contributed by atoms with van der Waals surface area (Å²) in [4.78, 5) is 4.30. The first kappa shape index (κ1) is 12.4. The molecule has 0 aliphatic heterocycles. The predicted molar refractivity (Wildman–Crippen MR) is 68.7 cm³/mol. The van der Waals surface area contributed by atoms with Crippen LogP contribution in [0.5, 0.6) is 11.5 Å². The van der Waals surface area contributed by atoms with Crippen molar-refractivity contribution < 1.29 is 14.6 Å². The van der Waals surface area contributed by atoms with Crippen molar-refractivity contribution in [3.63, 3.8) is 0 Å². The number of nitrogens with zero attached hydrogens (tertiary/aromatic N) is 1. The molecule has 0 aliphatic rings. The van der Waals surface area contributed by atoms with E-state index in [1.54, 1.807) is 26.5 Å². The van der Waals surface area contributed by atoms with Gasteiger partial charge in [0.2, 0.25) is 0 Å². The summed E-state index contributed by atoms with van der Waals surface area (Å²) in [5.74, 6) is 1.45. The molecule has 1 N–H and O–H groups in total. The number of pyridine rings is 1. The number of aromatic nitrogens is 1. The summed E-state index contributed by atoms with van der Waals surface area (Å²) in [7, 11) is 3.22. The molecule has 0 amide bonds. The molecular weight excluding hydrogens is 230 g/mol. The fourth-order valence-corrected chi connectivity index (χ4v) is 1.74. The Hall–Kier alpha value is -2.07. The highest BCUT2D eigenvalue weighted by molar-refractivity contribution is 5.69. The van der Waals surface area contributed by atoms with Gasteiger partial charge in [0, 0.05) is 17.8 Å². The maximum absolute atomic E-state index is 9.19. The number of aliphatic hydroxyl groups excluding tert-OH is 1. The summed E-state index contributed by atoms with van der Waals surface area (Å²) in [5, 5.41) is 9.19. The molecule has 0 spiro atoms. The molecule has 0 unspecified atom stereocenters. The van der Waals surface area contributed by atoms with Gasteiger partial charge in [-0.05, 0) is 23.8 Å². The number of benzene rings is 1. The average molecular weight is 245 g/mol. The Kier molecular flexibility index (Phi) is 3.79. The van der Waals surface area contributed by atoms with Crippen molar-refractivity contribution in [2.24, 2.45) is 0 Å². The Balaban J connectivity index is 2.53. The van der Waals surface area contributed by atoms with E-state index in [0.29, 0.717) is 5.75 Å². The molecule has 0 saturated heterocycles. The Bertz CT molecular complexity index is 540. The first-order chi connectivity index (χ1) is 8.78. The van der Waals surface area contributed by atoms with E-state index in [0.717, 1.165) is 22.6 Å². The first-order valence-corrected chi connectivity index (χ1v) is 5.56. The second-order valence-corrected chi connectivity index (χ2v) is 3.77. The predicted octanol–water partition coefficient (Wildman–Crippen LogP) is 2.26. The van der Waals surface area contributed by atoms with E-state index in [9.17, 15) is 5.11 Å². The van der Waals surface area contributed by atoms with Crippen LogP contribution in [0.4, 0.5) is 0 Å². The van der Waals surface area contributed by atoms with Gasteiger partial charge in [0.05, 0.1) is 26.5 Å². The highest BCUT2D eigenvalue weighted by Crippen LogP contribution is 2.31. The van der Waals surface area contributed by atoms with E-state index in [2.05, 4.69) is 4.98 Å². The Morgan fingerprint density at radius 2 is 1.94 bits per heavy atom. The minimum Gasteiger partial charge on any atom is -0.497 e. The smallest absolute Gasteiger partial charge is 0.128 e. The zero-order valence-electron chi connectivity index (χ0n) is 10.4. The van der Waals surface area contributed by atoms with Crippen LogP contribution in [0.15, 0.2) is 36.5 Å². The van der Waals surface area contributed by atoms with Crippen LogP contribution in [0.1, 0.15) is 5.56 Å². The third-order valence-electron chi connectivity index (χ3n) is 2.69. The number of ether oxygens (including phenoxy) is 2. The molecule has 18 heavy (non-hydrogen) atoms. The number of hydrogen-bond donors (Lipinski definition) is 1. The molecule has 0 bridgehead atoms. The lowest BCUT2D eigenvalue weighted by Gasteiger charge is -2.10. The molecule has 1 heterocycles. The molecule has 0 saturated carbocycles. The van der Waals surface area contributed by atoms with Crippen LogP contribution in [0.3, 0.4) is 0 Å². The van der Waals surface area contributed by atoms with Crippen LogP contribution in [0.2, 0.25) is 0 Å². The van der Waals surface area contributed by atoms with Gasteiger partial charge in [-0.1, -0.05) is 6.07 Å². The van der Waals surface area contributed by atoms with E-state index >= 15 is 0 Å². The van der Waals surface area contributed by atoms with Gasteiger partial charge in [-0.2, -0.15) is 0 Å². The molecule has 1 aromatic carbocycles. The van der Waals surface area contributed by atoms with Gasteiger partial charge in [-0.3, -0.25) is 4.98 Å². The fraction of sp³-hybridized carbons (Fsp3) is 0.214. The molecule has 0 atom stereocenters. The van der Waals surface area contributed by atoms with E-state index in [1.807, 2.05) is 24.3 Å². The molecule has 0 radical (unpaired) electrons. The summed E-state index contributed by atoms with van der Waals surface area (Å²) in [6.45, 7) is -0.0129. The average Bonchev–Trinajstić information content (AvgIpc) is 2.46. The molecule has 4 heteroatoms. The minimum absolute atomic E-state index is 0.0129. The van der Waals surface area contributed by atoms with Crippen molar-refractivity contribution in [2.75, 3.05) is 14.2 Å². The fourth-order valence-electron chi connectivity index (χ4n) is 1.74. The Morgan fingerprint density at radius 3 is 2.61 bits per heavy atom. The number of methoxy groups -OCH3 is 2. The van der Waals surface area contributed by atoms with Gasteiger partial charge >= 0.3 is 0 Å². The van der Waals surface area contributed by atoms with Crippen molar-refractivity contribution in [1.82, 2.24) is 4.98 Å². The number of hydrogen-bond acceptors (Lipinski definition) is 4. The van der Waals surface area contributed by atoms with Gasteiger partial charge in [-0.25, -0.2) is 0 Å². The standard InChI is InChI=1S/C14H15NO3/c1-17-11-5-6-15-13(8-11)12-7-10(9-16)3-4-14(12)18-2/h3-8,16H,9H2,1-2H3. The second-order valence-electron chi connectivity index (χ2n) is 3.77. The highest BCUT2D eigenvalue weighted by atomic mass is 16.5. The lowest BCUT2D eigenvalue weighted by Crippen LogP contribution is -1.93. The first-order valence-electron chi connectivity index (χ1n) is 5.56. The summed E-state index contributed by atoms with van der Waals surface area (Å²) >= 11 is 0. The van der Waals surface area contributed by atoms with Crippen LogP contribution in [0.25, 0.3) is 11.3 Å². The summed E-state index contributed by atoms with van der Waals surface area (Å²) in [5.41, 5.74) is 2.40. The quantitative estimate of drug-likeness (QED) is 0.897. The van der Waals surface area contributed by atoms with Crippen molar-refractivity contribution >= 4 is 0 Å². The molecule has 4 nitrogen and oxygen atoms in total. The van der Waals surface area contributed by atoms with Crippen LogP contribution >= 0.6 is 0 Å². The third kappa shape index (κ3) is 2.43. The van der Waals surface area contributed by atoms with Gasteiger partial charge in [0.25, 0.3) is 0 Å². The molecule has 0 aliphatic carbocycles. The van der Waals surface area contributed by atoms with E-state index in [-0.39, 0.29) is 6.61 Å². The van der Waals surface area contributed by atoms with Gasteiger partial charge in [-0.15, -0.1) is 0 Å². The summed E-state index contributed by atoms with van der Waals surface area (Å²) < 4.78 is 10.5. The van der Waals surface area contributed by atoms with Crippen LogP contribution < -0.4 is 9.47 Å². The number of aliphatic hydroxyl groups is 1. The van der Waals surface area contributed by atoms with Crippen LogP contribution in [-0.2, 0) is 6.61 Å². The third-order valence-corrected chi connectivity index (χ3v) is 2.69.